The molecule has 11 heteroatoms. The third-order valence-corrected chi connectivity index (χ3v) is 4.65. The van der Waals surface area contributed by atoms with Gasteiger partial charge in [-0.15, -0.1) is 0 Å². The fraction of sp³-hybridized carbons (Fsp3) is 1.00. The van der Waals surface area contributed by atoms with Gasteiger partial charge in [0.05, 0.1) is 26.2 Å². The molecule has 0 aromatic rings. The van der Waals surface area contributed by atoms with Crippen LogP contribution in [0.2, 0.25) is 0 Å². The second-order valence-electron chi connectivity index (χ2n) is 4.83. The highest BCUT2D eigenvalue weighted by Crippen LogP contribution is 2.33. The molecule has 2 unspecified atom stereocenters. The first-order valence-electron chi connectivity index (χ1n) is 6.99. The van der Waals surface area contributed by atoms with Crippen LogP contribution in [-0.2, 0) is 10.1 Å². The minimum atomic E-state index is -6.18. The lowest BCUT2D eigenvalue weighted by Crippen LogP contribution is -2.47. The second kappa shape index (κ2) is 9.67. The highest BCUT2D eigenvalue weighted by atomic mass is 32.2. The molecule has 0 aromatic carbocycles. The van der Waals surface area contributed by atoms with E-state index in [1.54, 1.807) is 0 Å². The van der Waals surface area contributed by atoms with Gasteiger partial charge in [0.2, 0.25) is 6.17 Å². The van der Waals surface area contributed by atoms with E-state index in [0.29, 0.717) is 0 Å². The van der Waals surface area contributed by atoms with Gasteiger partial charge in [-0.1, -0.05) is 0 Å². The van der Waals surface area contributed by atoms with Gasteiger partial charge in [-0.2, -0.15) is 8.78 Å². The first-order valence-corrected chi connectivity index (χ1v) is 8.46. The van der Waals surface area contributed by atoms with Crippen LogP contribution < -0.4 is 0 Å². The fourth-order valence-electron chi connectivity index (χ4n) is 1.83. The Balaban J connectivity index is 0. The van der Waals surface area contributed by atoms with E-state index >= 15 is 0 Å². The molecule has 0 radical (unpaired) electrons. The largest absolute Gasteiger partial charge is 0.746 e. The molecule has 0 saturated heterocycles. The molecule has 0 aliphatic carbocycles. The summed E-state index contributed by atoms with van der Waals surface area (Å²) in [6.07, 6.45) is -8.63. The minimum Gasteiger partial charge on any atom is -0.746 e. The SMILES string of the molecule is CC[N+](CC)(CC)CC.O=S(=O)([O-])C(F)C(F)(F)C(F)C(F)F. The van der Waals surface area contributed by atoms with E-state index in [1.165, 1.54) is 30.7 Å². The van der Waals surface area contributed by atoms with E-state index in [1.807, 2.05) is 0 Å². The van der Waals surface area contributed by atoms with Crippen molar-refractivity contribution in [1.29, 1.82) is 0 Å². The molecule has 0 aromatic heterocycles. The molecule has 0 rings (SSSR count). The van der Waals surface area contributed by atoms with Crippen LogP contribution in [0.4, 0.5) is 26.3 Å². The zero-order chi connectivity index (χ0) is 19.1. The maximum absolute atomic E-state index is 12.1. The van der Waals surface area contributed by atoms with E-state index in [9.17, 15) is 39.3 Å². The summed E-state index contributed by atoms with van der Waals surface area (Å²) in [5.74, 6) is -5.56. The molecule has 0 fully saturated rings. The Kier molecular flexibility index (Phi) is 10.4. The van der Waals surface area contributed by atoms with Gasteiger partial charge in [0.25, 0.3) is 11.9 Å². The zero-order valence-electron chi connectivity index (χ0n) is 13.4. The summed E-state index contributed by atoms with van der Waals surface area (Å²) in [7, 11) is -6.18. The first kappa shape index (κ1) is 24.7. The van der Waals surface area contributed by atoms with Gasteiger partial charge < -0.3 is 9.04 Å². The van der Waals surface area contributed by atoms with E-state index in [-0.39, 0.29) is 0 Å². The Bertz CT molecular complexity index is 411. The van der Waals surface area contributed by atoms with Gasteiger partial charge in [-0.05, 0) is 27.7 Å². The molecular weight excluding hydrogens is 352 g/mol. The molecular formula is C12H23F6NO3S. The number of quaternary nitrogens is 1. The molecule has 0 N–H and O–H groups in total. The monoisotopic (exact) mass is 375 g/mol. The molecule has 0 heterocycles. The lowest BCUT2D eigenvalue weighted by atomic mass is 10.2. The van der Waals surface area contributed by atoms with Crippen molar-refractivity contribution >= 4 is 10.1 Å². The van der Waals surface area contributed by atoms with Crippen LogP contribution >= 0.6 is 0 Å². The summed E-state index contributed by atoms with van der Waals surface area (Å²) in [6, 6.07) is 0. The van der Waals surface area contributed by atoms with Crippen LogP contribution in [0.1, 0.15) is 27.7 Å². The maximum Gasteiger partial charge on any atom is 0.327 e. The number of hydrogen-bond acceptors (Lipinski definition) is 3. The Morgan fingerprint density at radius 3 is 1.35 bits per heavy atom. The zero-order valence-corrected chi connectivity index (χ0v) is 14.2. The third-order valence-electron chi connectivity index (χ3n) is 3.83. The third kappa shape index (κ3) is 7.25. The highest BCUT2D eigenvalue weighted by Gasteiger charge is 2.56. The Morgan fingerprint density at radius 2 is 1.22 bits per heavy atom. The smallest absolute Gasteiger partial charge is 0.327 e. The molecule has 0 spiro atoms. The lowest BCUT2D eigenvalue weighted by molar-refractivity contribution is -0.921. The quantitative estimate of drug-likeness (QED) is 0.372. The first-order chi connectivity index (χ1) is 10.3. The predicted molar refractivity (Wildman–Crippen MR) is 72.9 cm³/mol. The lowest BCUT2D eigenvalue weighted by Gasteiger charge is -2.34. The van der Waals surface area contributed by atoms with Crippen LogP contribution in [-0.4, -0.2) is 67.7 Å². The standard InChI is InChI=1S/C8H20N.C4H4F6O3S/c1-5-9(6-2,7-3)8-4;5-1(2(6)7)4(9,10)3(8)14(11,12)13/h5-8H2,1-4H3;1-3H,(H,11,12,13)/q+1;/p-1. The molecule has 0 amide bonds. The van der Waals surface area contributed by atoms with Crippen molar-refractivity contribution in [2.75, 3.05) is 26.2 Å². The minimum absolute atomic E-state index is 1.28. The van der Waals surface area contributed by atoms with Crippen molar-refractivity contribution in [3.63, 3.8) is 0 Å². The number of alkyl halides is 6. The average Bonchev–Trinajstić information content (AvgIpc) is 2.48. The maximum atomic E-state index is 12.1. The summed E-state index contributed by atoms with van der Waals surface area (Å²) in [5, 5.41) is 0. The van der Waals surface area contributed by atoms with E-state index in [0.717, 1.165) is 0 Å². The Hall–Kier alpha value is -0.550. The molecule has 2 atom stereocenters. The summed E-state index contributed by atoms with van der Waals surface area (Å²) in [6.45, 7) is 14.2. The van der Waals surface area contributed by atoms with Crippen molar-refractivity contribution in [2.24, 2.45) is 0 Å². The van der Waals surface area contributed by atoms with Gasteiger partial charge in [0.15, 0.2) is 0 Å². The molecule has 142 valence electrons. The van der Waals surface area contributed by atoms with E-state index < -0.39 is 34.1 Å². The highest BCUT2D eigenvalue weighted by molar-refractivity contribution is 7.86. The number of halogens is 6. The van der Waals surface area contributed by atoms with Gasteiger partial charge in [-0.25, -0.2) is 26.0 Å². The Labute approximate surface area is 132 Å². The summed E-state index contributed by atoms with van der Waals surface area (Å²) >= 11 is 0. The van der Waals surface area contributed by atoms with Crippen molar-refractivity contribution in [3.05, 3.63) is 0 Å². The van der Waals surface area contributed by atoms with Gasteiger partial charge >= 0.3 is 5.92 Å². The van der Waals surface area contributed by atoms with E-state index in [4.69, 9.17) is 0 Å². The van der Waals surface area contributed by atoms with Gasteiger partial charge in [-0.3, -0.25) is 0 Å². The van der Waals surface area contributed by atoms with Crippen LogP contribution in [0.15, 0.2) is 0 Å². The number of rotatable bonds is 8. The topological polar surface area (TPSA) is 57.2 Å². The van der Waals surface area contributed by atoms with Crippen molar-refractivity contribution in [2.45, 2.75) is 51.7 Å². The molecule has 4 nitrogen and oxygen atoms in total. The normalized spacial score (nSPS) is 15.8. The number of nitrogens with zero attached hydrogens (tertiary/aromatic N) is 1. The van der Waals surface area contributed by atoms with Gasteiger partial charge in [0, 0.05) is 0 Å². The van der Waals surface area contributed by atoms with Crippen molar-refractivity contribution < 1.29 is 43.8 Å². The summed E-state index contributed by atoms with van der Waals surface area (Å²) < 4.78 is 101. The fourth-order valence-corrected chi connectivity index (χ4v) is 2.34. The summed E-state index contributed by atoms with van der Waals surface area (Å²) in [4.78, 5) is 0. The van der Waals surface area contributed by atoms with E-state index in [2.05, 4.69) is 27.7 Å². The summed E-state index contributed by atoms with van der Waals surface area (Å²) in [5.41, 5.74) is -4.53. The second-order valence-corrected chi connectivity index (χ2v) is 6.23. The molecule has 0 bridgehead atoms. The van der Waals surface area contributed by atoms with Crippen molar-refractivity contribution in [3.8, 4) is 0 Å². The Morgan fingerprint density at radius 1 is 0.913 bits per heavy atom. The molecule has 23 heavy (non-hydrogen) atoms. The van der Waals surface area contributed by atoms with Crippen molar-refractivity contribution in [1.82, 2.24) is 0 Å². The number of hydrogen-bond donors (Lipinski definition) is 0. The molecule has 0 aliphatic rings. The van der Waals surface area contributed by atoms with Crippen LogP contribution in [0.5, 0.6) is 0 Å². The predicted octanol–water partition coefficient (Wildman–Crippen LogP) is 2.95. The van der Waals surface area contributed by atoms with Gasteiger partial charge in [0.1, 0.15) is 10.1 Å². The average molecular weight is 375 g/mol. The molecule has 0 aliphatic heterocycles. The van der Waals surface area contributed by atoms with Crippen LogP contribution in [0.3, 0.4) is 0 Å². The molecule has 0 saturated carbocycles. The van der Waals surface area contributed by atoms with Crippen LogP contribution in [0.25, 0.3) is 0 Å². The van der Waals surface area contributed by atoms with Crippen LogP contribution in [0, 0.1) is 0 Å².